The van der Waals surface area contributed by atoms with Crippen LogP contribution in [-0.4, -0.2) is 16.6 Å². The van der Waals surface area contributed by atoms with Gasteiger partial charge in [0.2, 0.25) is 0 Å². The third-order valence-electron chi connectivity index (χ3n) is 2.04. The van der Waals surface area contributed by atoms with Crippen molar-refractivity contribution < 1.29 is 10.0 Å². The number of aryl methyl sites for hydroxylation is 1. The van der Waals surface area contributed by atoms with E-state index in [0.29, 0.717) is 11.1 Å². The van der Waals surface area contributed by atoms with Crippen LogP contribution in [-0.2, 0) is 0 Å². The number of hydrogen-bond donors (Lipinski definition) is 2. The first-order valence-corrected chi connectivity index (χ1v) is 4.17. The van der Waals surface area contributed by atoms with Crippen LogP contribution in [0.4, 0.5) is 5.69 Å². The van der Waals surface area contributed by atoms with Gasteiger partial charge in [-0.1, -0.05) is 6.07 Å². The summed E-state index contributed by atoms with van der Waals surface area (Å²) in [6, 6.07) is 4.11. The minimum atomic E-state index is -0.477. The van der Waals surface area contributed by atoms with Gasteiger partial charge >= 0.3 is 0 Å². The molecule has 0 saturated carbocycles. The van der Waals surface area contributed by atoms with Crippen molar-refractivity contribution in [2.45, 2.75) is 13.0 Å². The predicted octanol–water partition coefficient (Wildman–Crippen LogP) is 0.895. The largest absolute Gasteiger partial charge is 0.394 e. The lowest BCUT2D eigenvalue weighted by Crippen LogP contribution is -2.14. The molecule has 5 nitrogen and oxygen atoms in total. The first-order chi connectivity index (χ1) is 6.56. The van der Waals surface area contributed by atoms with Gasteiger partial charge in [0.05, 0.1) is 17.6 Å². The predicted molar refractivity (Wildman–Crippen MR) is 51.8 cm³/mol. The fourth-order valence-corrected chi connectivity index (χ4v) is 1.22. The Morgan fingerprint density at radius 3 is 2.71 bits per heavy atom. The van der Waals surface area contributed by atoms with Gasteiger partial charge in [-0.3, -0.25) is 10.1 Å². The molecule has 0 aromatic heterocycles. The molecule has 0 amide bonds. The average Bonchev–Trinajstić information content (AvgIpc) is 2.15. The van der Waals surface area contributed by atoms with Crippen molar-refractivity contribution in [2.24, 2.45) is 5.73 Å². The number of aliphatic hydroxyl groups is 1. The van der Waals surface area contributed by atoms with E-state index >= 15 is 0 Å². The molecule has 76 valence electrons. The van der Waals surface area contributed by atoms with Crippen LogP contribution >= 0.6 is 0 Å². The summed E-state index contributed by atoms with van der Waals surface area (Å²) in [5.41, 5.74) is 6.89. The molecular formula is C9H12N2O3. The molecule has 0 heterocycles. The second-order valence-corrected chi connectivity index (χ2v) is 3.09. The molecule has 1 atom stereocenters. The van der Waals surface area contributed by atoms with Gasteiger partial charge < -0.3 is 10.8 Å². The van der Waals surface area contributed by atoms with E-state index in [1.807, 2.05) is 0 Å². The van der Waals surface area contributed by atoms with Crippen LogP contribution in [0.25, 0.3) is 0 Å². The first-order valence-electron chi connectivity index (χ1n) is 4.17. The SMILES string of the molecule is Cc1cc([C@H](N)CO)ccc1[N+](=O)[O-]. The van der Waals surface area contributed by atoms with Crippen molar-refractivity contribution in [2.75, 3.05) is 6.61 Å². The van der Waals surface area contributed by atoms with Gasteiger partial charge in [-0.15, -0.1) is 0 Å². The Hall–Kier alpha value is -1.46. The molecule has 1 aromatic rings. The summed E-state index contributed by atoms with van der Waals surface area (Å²) in [6.45, 7) is 1.48. The van der Waals surface area contributed by atoms with E-state index in [1.54, 1.807) is 19.1 Å². The Bertz CT molecular complexity index is 352. The summed E-state index contributed by atoms with van der Waals surface area (Å²) >= 11 is 0. The van der Waals surface area contributed by atoms with E-state index in [0.717, 1.165) is 0 Å². The number of nitro benzene ring substituents is 1. The van der Waals surface area contributed by atoms with Crippen LogP contribution in [0.2, 0.25) is 0 Å². The van der Waals surface area contributed by atoms with Crippen molar-refractivity contribution in [3.8, 4) is 0 Å². The van der Waals surface area contributed by atoms with Crippen LogP contribution in [0.3, 0.4) is 0 Å². The van der Waals surface area contributed by atoms with Gasteiger partial charge in [-0.05, 0) is 18.6 Å². The molecule has 14 heavy (non-hydrogen) atoms. The maximum absolute atomic E-state index is 10.5. The van der Waals surface area contributed by atoms with E-state index < -0.39 is 11.0 Å². The Kier molecular flexibility index (Phi) is 3.16. The molecule has 1 aromatic carbocycles. The number of nitro groups is 1. The Balaban J connectivity index is 3.06. The second-order valence-electron chi connectivity index (χ2n) is 3.09. The quantitative estimate of drug-likeness (QED) is 0.555. The van der Waals surface area contributed by atoms with Crippen LogP contribution < -0.4 is 5.73 Å². The number of nitrogens with two attached hydrogens (primary N) is 1. The van der Waals surface area contributed by atoms with Crippen molar-refractivity contribution in [3.05, 3.63) is 39.4 Å². The smallest absolute Gasteiger partial charge is 0.272 e. The topological polar surface area (TPSA) is 89.4 Å². The number of aliphatic hydroxyl groups excluding tert-OH is 1. The van der Waals surface area contributed by atoms with E-state index in [4.69, 9.17) is 10.8 Å². The minimum absolute atomic E-state index is 0.0684. The van der Waals surface area contributed by atoms with Gasteiger partial charge in [0.15, 0.2) is 0 Å². The summed E-state index contributed by atoms with van der Waals surface area (Å²) in [5, 5.41) is 19.3. The van der Waals surface area contributed by atoms with E-state index in [-0.39, 0.29) is 12.3 Å². The fourth-order valence-electron chi connectivity index (χ4n) is 1.22. The number of nitrogens with zero attached hydrogens (tertiary/aromatic N) is 1. The molecule has 0 spiro atoms. The van der Waals surface area contributed by atoms with Crippen molar-refractivity contribution in [3.63, 3.8) is 0 Å². The third kappa shape index (κ3) is 2.07. The lowest BCUT2D eigenvalue weighted by Gasteiger charge is -2.08. The molecule has 0 saturated heterocycles. The maximum Gasteiger partial charge on any atom is 0.272 e. The zero-order chi connectivity index (χ0) is 10.7. The highest BCUT2D eigenvalue weighted by molar-refractivity contribution is 5.42. The summed E-state index contributed by atoms with van der Waals surface area (Å²) in [4.78, 5) is 10.1. The molecule has 0 aliphatic carbocycles. The van der Waals surface area contributed by atoms with Gasteiger partial charge in [0.25, 0.3) is 5.69 Å². The standard InChI is InChI=1S/C9H12N2O3/c1-6-4-7(8(10)5-12)2-3-9(6)11(13)14/h2-4,8,12H,5,10H2,1H3/t8-/m1/s1. The van der Waals surface area contributed by atoms with Crippen LogP contribution in [0.1, 0.15) is 17.2 Å². The van der Waals surface area contributed by atoms with Gasteiger partial charge in [0.1, 0.15) is 0 Å². The zero-order valence-corrected chi connectivity index (χ0v) is 7.80. The molecule has 0 aliphatic heterocycles. The summed E-state index contributed by atoms with van der Waals surface area (Å²) in [7, 11) is 0. The number of benzene rings is 1. The number of hydrogen-bond acceptors (Lipinski definition) is 4. The Morgan fingerprint density at radius 1 is 1.64 bits per heavy atom. The highest BCUT2D eigenvalue weighted by Gasteiger charge is 2.12. The first kappa shape index (κ1) is 10.6. The van der Waals surface area contributed by atoms with Gasteiger partial charge in [-0.25, -0.2) is 0 Å². The van der Waals surface area contributed by atoms with E-state index in [9.17, 15) is 10.1 Å². The average molecular weight is 196 g/mol. The zero-order valence-electron chi connectivity index (χ0n) is 7.80. The molecule has 0 aliphatic rings. The lowest BCUT2D eigenvalue weighted by molar-refractivity contribution is -0.385. The summed E-state index contributed by atoms with van der Waals surface area (Å²) in [5.74, 6) is 0. The monoisotopic (exact) mass is 196 g/mol. The summed E-state index contributed by atoms with van der Waals surface area (Å²) in [6.07, 6.45) is 0. The molecule has 0 fully saturated rings. The lowest BCUT2D eigenvalue weighted by atomic mass is 10.0. The van der Waals surface area contributed by atoms with E-state index in [2.05, 4.69) is 0 Å². The van der Waals surface area contributed by atoms with Gasteiger partial charge in [-0.2, -0.15) is 0 Å². The molecule has 1 rings (SSSR count). The van der Waals surface area contributed by atoms with Crippen LogP contribution in [0.15, 0.2) is 18.2 Å². The summed E-state index contributed by atoms with van der Waals surface area (Å²) < 4.78 is 0. The molecule has 3 N–H and O–H groups in total. The minimum Gasteiger partial charge on any atom is -0.394 e. The molecular weight excluding hydrogens is 184 g/mol. The third-order valence-corrected chi connectivity index (χ3v) is 2.04. The van der Waals surface area contributed by atoms with Gasteiger partial charge in [0, 0.05) is 11.6 Å². The maximum atomic E-state index is 10.5. The number of rotatable bonds is 3. The molecule has 0 bridgehead atoms. The fraction of sp³-hybridized carbons (Fsp3) is 0.333. The van der Waals surface area contributed by atoms with Crippen molar-refractivity contribution in [1.29, 1.82) is 0 Å². The molecule has 5 heteroatoms. The van der Waals surface area contributed by atoms with Crippen molar-refractivity contribution >= 4 is 5.69 Å². The highest BCUT2D eigenvalue weighted by atomic mass is 16.6. The second kappa shape index (κ2) is 4.17. The normalized spacial score (nSPS) is 12.5. The highest BCUT2D eigenvalue weighted by Crippen LogP contribution is 2.21. The molecule has 0 unspecified atom stereocenters. The van der Waals surface area contributed by atoms with Crippen LogP contribution in [0.5, 0.6) is 0 Å². The Labute approximate surface area is 81.3 Å². The van der Waals surface area contributed by atoms with Crippen molar-refractivity contribution in [1.82, 2.24) is 0 Å². The Morgan fingerprint density at radius 2 is 2.29 bits per heavy atom. The van der Waals surface area contributed by atoms with E-state index in [1.165, 1.54) is 6.07 Å². The van der Waals surface area contributed by atoms with Crippen LogP contribution in [0, 0.1) is 17.0 Å². The molecule has 0 radical (unpaired) electrons.